The molecule has 10 heteroatoms. The van der Waals surface area contributed by atoms with Crippen molar-refractivity contribution in [3.05, 3.63) is 63.3 Å². The smallest absolute Gasteiger partial charge is 0.270 e. The van der Waals surface area contributed by atoms with E-state index in [1.807, 2.05) is 24.9 Å². The molecule has 0 radical (unpaired) electrons. The fourth-order valence-electron chi connectivity index (χ4n) is 6.42. The zero-order chi connectivity index (χ0) is 28.8. The molecule has 0 amide bonds. The first-order valence-corrected chi connectivity index (χ1v) is 13.5. The molecule has 0 bridgehead atoms. The van der Waals surface area contributed by atoms with Gasteiger partial charge in [0.05, 0.1) is 11.2 Å². The van der Waals surface area contributed by atoms with Crippen LogP contribution < -0.4 is 15.4 Å². The summed E-state index contributed by atoms with van der Waals surface area (Å²) in [6.45, 7) is 2.33. The minimum Gasteiger partial charge on any atom is -0.369 e. The lowest BCUT2D eigenvalue weighted by atomic mass is 9.80. The number of aryl methyl sites for hydroxylation is 2. The summed E-state index contributed by atoms with van der Waals surface area (Å²) in [5, 5.41) is 19.3. The molecule has 2 fully saturated rings. The van der Waals surface area contributed by atoms with Gasteiger partial charge in [-0.25, -0.2) is 18.2 Å². The van der Waals surface area contributed by atoms with E-state index in [4.69, 9.17) is 0 Å². The molecule has 0 atom stereocenters. The van der Waals surface area contributed by atoms with Crippen molar-refractivity contribution in [2.75, 3.05) is 23.4 Å². The summed E-state index contributed by atoms with van der Waals surface area (Å²) in [5.41, 5.74) is 2.78. The second kappa shape index (κ2) is 10.5. The molecule has 0 spiro atoms. The van der Waals surface area contributed by atoms with Crippen molar-refractivity contribution in [1.82, 2.24) is 9.55 Å². The van der Waals surface area contributed by atoms with Crippen LogP contribution in [0.1, 0.15) is 55.3 Å². The average molecular weight is 549 g/mol. The molecular formula is C30H31F3N6O. The van der Waals surface area contributed by atoms with E-state index in [9.17, 15) is 28.5 Å². The maximum Gasteiger partial charge on any atom is 0.270 e. The van der Waals surface area contributed by atoms with Crippen LogP contribution in [0.5, 0.6) is 0 Å². The van der Waals surface area contributed by atoms with Gasteiger partial charge < -0.3 is 14.4 Å². The van der Waals surface area contributed by atoms with Gasteiger partial charge in [-0.15, -0.1) is 0 Å². The SMILES string of the molecule is Cc1cc(F)ccc1N(CC1CC(F)(F)C1)C1CCC(N(C)c2c(C#N)c(=O)n(C)c3ccc(C#N)nc23)CC1. The summed E-state index contributed by atoms with van der Waals surface area (Å²) in [4.78, 5) is 21.6. The Morgan fingerprint density at radius 2 is 1.75 bits per heavy atom. The van der Waals surface area contributed by atoms with Gasteiger partial charge in [-0.3, -0.25) is 4.79 Å². The Morgan fingerprint density at radius 1 is 1.07 bits per heavy atom. The average Bonchev–Trinajstić information content (AvgIpc) is 2.92. The van der Waals surface area contributed by atoms with E-state index in [-0.39, 0.29) is 47.9 Å². The molecule has 40 heavy (non-hydrogen) atoms. The number of nitriles is 2. The molecule has 208 valence electrons. The van der Waals surface area contributed by atoms with E-state index in [2.05, 4.69) is 16.0 Å². The van der Waals surface area contributed by atoms with Crippen molar-refractivity contribution in [1.29, 1.82) is 10.5 Å². The van der Waals surface area contributed by atoms with Gasteiger partial charge in [-0.05, 0) is 74.4 Å². The third-order valence-corrected chi connectivity index (χ3v) is 8.55. The molecule has 3 aromatic rings. The van der Waals surface area contributed by atoms with Gasteiger partial charge in [0.15, 0.2) is 0 Å². The number of anilines is 2. The molecule has 0 unspecified atom stereocenters. The first-order valence-electron chi connectivity index (χ1n) is 13.5. The highest BCUT2D eigenvalue weighted by atomic mass is 19.3. The Bertz CT molecular complexity index is 1590. The Kier molecular flexibility index (Phi) is 7.22. The summed E-state index contributed by atoms with van der Waals surface area (Å²) >= 11 is 0. The Hall–Kier alpha value is -4.05. The van der Waals surface area contributed by atoms with Crippen molar-refractivity contribution in [3.63, 3.8) is 0 Å². The lowest BCUT2D eigenvalue weighted by Crippen LogP contribution is -2.49. The number of halogens is 3. The largest absolute Gasteiger partial charge is 0.369 e. The molecule has 0 aliphatic heterocycles. The zero-order valence-electron chi connectivity index (χ0n) is 22.8. The highest BCUT2D eigenvalue weighted by molar-refractivity contribution is 5.92. The minimum atomic E-state index is -2.61. The summed E-state index contributed by atoms with van der Waals surface area (Å²) in [6, 6.07) is 12.0. The summed E-state index contributed by atoms with van der Waals surface area (Å²) in [7, 11) is 3.43. The molecular weight excluding hydrogens is 517 g/mol. The van der Waals surface area contributed by atoms with Crippen LogP contribution in [-0.2, 0) is 7.05 Å². The van der Waals surface area contributed by atoms with Crippen molar-refractivity contribution in [2.45, 2.75) is 63.5 Å². The molecule has 5 rings (SSSR count). The third-order valence-electron chi connectivity index (χ3n) is 8.55. The van der Waals surface area contributed by atoms with Crippen LogP contribution in [-0.4, -0.2) is 41.1 Å². The van der Waals surface area contributed by atoms with Crippen LogP contribution in [0.3, 0.4) is 0 Å². The van der Waals surface area contributed by atoms with Gasteiger partial charge in [0.25, 0.3) is 5.56 Å². The lowest BCUT2D eigenvalue weighted by molar-refractivity contribution is -0.107. The molecule has 2 aliphatic rings. The van der Waals surface area contributed by atoms with Crippen molar-refractivity contribution in [3.8, 4) is 12.1 Å². The van der Waals surface area contributed by atoms with Gasteiger partial charge in [-0.1, -0.05) is 0 Å². The monoisotopic (exact) mass is 548 g/mol. The van der Waals surface area contributed by atoms with Crippen LogP contribution >= 0.6 is 0 Å². The predicted octanol–water partition coefficient (Wildman–Crippen LogP) is 5.42. The number of benzene rings is 1. The minimum absolute atomic E-state index is 0.00426. The number of rotatable bonds is 6. The highest BCUT2D eigenvalue weighted by Crippen LogP contribution is 2.44. The van der Waals surface area contributed by atoms with Crippen molar-refractivity contribution >= 4 is 22.4 Å². The van der Waals surface area contributed by atoms with E-state index < -0.39 is 11.5 Å². The van der Waals surface area contributed by atoms with Crippen LogP contribution in [0.2, 0.25) is 0 Å². The molecule has 7 nitrogen and oxygen atoms in total. The number of alkyl halides is 2. The molecule has 2 saturated carbocycles. The number of hydrogen-bond donors (Lipinski definition) is 0. The third kappa shape index (κ3) is 4.99. The number of pyridine rings is 2. The Labute approximate surface area is 231 Å². The topological polar surface area (TPSA) is 89.0 Å². The van der Waals surface area contributed by atoms with Gasteiger partial charge in [0, 0.05) is 51.3 Å². The fourth-order valence-corrected chi connectivity index (χ4v) is 6.42. The molecule has 1 aromatic carbocycles. The Balaban J connectivity index is 1.42. The summed E-state index contributed by atoms with van der Waals surface area (Å²) in [5.74, 6) is -3.06. The highest BCUT2D eigenvalue weighted by Gasteiger charge is 2.46. The molecule has 0 N–H and O–H groups in total. The van der Waals surface area contributed by atoms with Crippen molar-refractivity contribution in [2.24, 2.45) is 13.0 Å². The molecule has 2 heterocycles. The number of hydrogen-bond acceptors (Lipinski definition) is 6. The van der Waals surface area contributed by atoms with E-state index >= 15 is 0 Å². The van der Waals surface area contributed by atoms with E-state index in [1.165, 1.54) is 16.7 Å². The first kappa shape index (κ1) is 27.5. The second-order valence-electron chi connectivity index (χ2n) is 11.2. The van der Waals surface area contributed by atoms with Crippen LogP contribution in [0, 0.1) is 41.3 Å². The fraction of sp³-hybridized carbons (Fsp3) is 0.467. The van der Waals surface area contributed by atoms with Crippen LogP contribution in [0.25, 0.3) is 11.0 Å². The molecule has 2 aliphatic carbocycles. The van der Waals surface area contributed by atoms with E-state index in [0.717, 1.165) is 36.9 Å². The van der Waals surface area contributed by atoms with E-state index in [1.54, 1.807) is 25.2 Å². The van der Waals surface area contributed by atoms with Gasteiger partial charge >= 0.3 is 0 Å². The summed E-state index contributed by atoms with van der Waals surface area (Å²) < 4.78 is 42.6. The Morgan fingerprint density at radius 3 is 2.35 bits per heavy atom. The van der Waals surface area contributed by atoms with Gasteiger partial charge in [-0.2, -0.15) is 10.5 Å². The quantitative estimate of drug-likeness (QED) is 0.409. The van der Waals surface area contributed by atoms with Crippen LogP contribution in [0.4, 0.5) is 24.5 Å². The maximum atomic E-state index is 13.9. The number of aromatic nitrogens is 2. The van der Waals surface area contributed by atoms with Gasteiger partial charge in [0.1, 0.15) is 34.7 Å². The first-order chi connectivity index (χ1) is 19.0. The number of fused-ring (bicyclic) bond motifs is 1. The zero-order valence-corrected chi connectivity index (χ0v) is 22.8. The predicted molar refractivity (Wildman–Crippen MR) is 147 cm³/mol. The normalized spacial score (nSPS) is 20.4. The standard InChI is InChI=1S/C30H31F3N6O/c1-18-12-20(31)4-10-25(18)39(17-19-13-30(32,33)14-19)23-8-6-22(7-9-23)37(2)28-24(16-35)29(40)38(3)26-11-5-21(15-34)36-27(26)28/h4-5,10-12,19,22-23H,6-9,13-14,17H2,1-3H3. The second-order valence-corrected chi connectivity index (χ2v) is 11.2. The molecule has 0 saturated heterocycles. The lowest BCUT2D eigenvalue weighted by Gasteiger charge is -2.45. The molecule has 2 aromatic heterocycles. The van der Waals surface area contributed by atoms with E-state index in [0.29, 0.717) is 23.3 Å². The summed E-state index contributed by atoms with van der Waals surface area (Å²) in [6.07, 6.45) is 2.72. The van der Waals surface area contributed by atoms with Gasteiger partial charge in [0.2, 0.25) is 5.92 Å². The van der Waals surface area contributed by atoms with Crippen LogP contribution in [0.15, 0.2) is 35.1 Å². The maximum absolute atomic E-state index is 13.9. The van der Waals surface area contributed by atoms with Crippen molar-refractivity contribution < 1.29 is 13.2 Å². The number of nitrogens with zero attached hydrogens (tertiary/aromatic N) is 6.